The first-order valence-electron chi connectivity index (χ1n) is 10.0. The normalized spacial score (nSPS) is 14.7. The lowest BCUT2D eigenvalue weighted by molar-refractivity contribution is -0.113. The number of aromatic nitrogens is 2. The number of para-hydroxylation sites is 1. The Kier molecular flexibility index (Phi) is 6.76. The molecule has 0 saturated heterocycles. The number of carbonyl (C=O) groups is 1. The third kappa shape index (κ3) is 4.63. The Balaban J connectivity index is 1.58. The molecule has 0 aliphatic carbocycles. The van der Waals surface area contributed by atoms with Crippen molar-refractivity contribution in [1.82, 2.24) is 9.55 Å². The van der Waals surface area contributed by atoms with E-state index in [0.29, 0.717) is 32.5 Å². The molecule has 1 aliphatic heterocycles. The number of anilines is 1. The highest BCUT2D eigenvalue weighted by Gasteiger charge is 2.27. The zero-order valence-corrected chi connectivity index (χ0v) is 19.6. The molecule has 3 aromatic rings. The Hall–Kier alpha value is -2.91. The van der Waals surface area contributed by atoms with Crippen molar-refractivity contribution in [3.8, 4) is 17.2 Å². The predicted molar refractivity (Wildman–Crippen MR) is 128 cm³/mol. The van der Waals surface area contributed by atoms with Gasteiger partial charge in [-0.15, -0.1) is 11.8 Å². The molecule has 1 N–H and O–H groups in total. The first kappa shape index (κ1) is 22.3. The molecule has 2 heterocycles. The molecule has 0 spiro atoms. The Morgan fingerprint density at radius 1 is 1.22 bits per heavy atom. The van der Waals surface area contributed by atoms with Crippen molar-refractivity contribution in [2.75, 3.05) is 25.3 Å². The molecular formula is C23H23N3O4S2. The third-order valence-electron chi connectivity index (χ3n) is 4.91. The van der Waals surface area contributed by atoms with Crippen molar-refractivity contribution in [3.63, 3.8) is 0 Å². The quantitative estimate of drug-likeness (QED) is 0.413. The molecule has 1 aromatic heterocycles. The van der Waals surface area contributed by atoms with Crippen LogP contribution >= 0.6 is 23.5 Å². The molecule has 1 amide bonds. The van der Waals surface area contributed by atoms with E-state index < -0.39 is 0 Å². The van der Waals surface area contributed by atoms with Gasteiger partial charge < -0.3 is 14.8 Å². The number of nitrogens with one attached hydrogen (secondary N) is 1. The molecular weight excluding hydrogens is 446 g/mol. The van der Waals surface area contributed by atoms with E-state index in [1.54, 1.807) is 41.6 Å². The molecule has 0 radical (unpaired) electrons. The summed E-state index contributed by atoms with van der Waals surface area (Å²) < 4.78 is 12.1. The minimum Gasteiger partial charge on any atom is -0.497 e. The van der Waals surface area contributed by atoms with Gasteiger partial charge in [-0.25, -0.2) is 4.98 Å². The van der Waals surface area contributed by atoms with Crippen LogP contribution in [0.1, 0.15) is 12.6 Å². The summed E-state index contributed by atoms with van der Waals surface area (Å²) in [5, 5.41) is 3.67. The van der Waals surface area contributed by atoms with Gasteiger partial charge in [0, 0.05) is 17.7 Å². The fourth-order valence-corrected chi connectivity index (χ4v) is 5.34. The summed E-state index contributed by atoms with van der Waals surface area (Å²) in [6, 6.07) is 14.6. The fraction of sp³-hybridized carbons (Fsp3) is 0.261. The Morgan fingerprint density at radius 2 is 2.00 bits per heavy atom. The highest BCUT2D eigenvalue weighted by Crippen LogP contribution is 2.35. The molecule has 1 unspecified atom stereocenters. The van der Waals surface area contributed by atoms with Crippen LogP contribution in [0.15, 0.2) is 63.4 Å². The zero-order chi connectivity index (χ0) is 22.7. The molecule has 2 aromatic carbocycles. The number of rotatable bonds is 7. The van der Waals surface area contributed by atoms with E-state index in [2.05, 4.69) is 12.2 Å². The van der Waals surface area contributed by atoms with Gasteiger partial charge in [0.05, 0.1) is 41.9 Å². The molecule has 166 valence electrons. The van der Waals surface area contributed by atoms with Crippen molar-refractivity contribution >= 4 is 35.1 Å². The minimum absolute atomic E-state index is 0.0877. The lowest BCUT2D eigenvalue weighted by Crippen LogP contribution is -2.24. The Labute approximate surface area is 194 Å². The van der Waals surface area contributed by atoms with Gasteiger partial charge in [0.15, 0.2) is 5.16 Å². The average molecular weight is 470 g/mol. The third-order valence-corrected chi connectivity index (χ3v) is 7.06. The van der Waals surface area contributed by atoms with Crippen LogP contribution in [0.3, 0.4) is 0 Å². The molecule has 9 heteroatoms. The summed E-state index contributed by atoms with van der Waals surface area (Å²) in [6.07, 6.45) is 0.744. The van der Waals surface area contributed by atoms with Crippen LogP contribution in [0.2, 0.25) is 0 Å². The monoisotopic (exact) mass is 469 g/mol. The second kappa shape index (κ2) is 9.70. The lowest BCUT2D eigenvalue weighted by atomic mass is 10.2. The highest BCUT2D eigenvalue weighted by molar-refractivity contribution is 8.00. The topological polar surface area (TPSA) is 82.5 Å². The summed E-state index contributed by atoms with van der Waals surface area (Å²) in [5.41, 5.74) is 1.99. The molecule has 1 aliphatic rings. The van der Waals surface area contributed by atoms with Crippen LogP contribution < -0.4 is 20.3 Å². The van der Waals surface area contributed by atoms with Gasteiger partial charge >= 0.3 is 0 Å². The van der Waals surface area contributed by atoms with E-state index in [1.165, 1.54) is 18.9 Å². The standard InChI is InChI=1S/C23H23N3O4S2/c1-14-11-18-21(32-14)22(28)26(15-7-5-4-6-8-15)23(25-18)31-13-20(27)24-17-10-9-16(29-2)12-19(17)30-3/h4-10,12,14H,11,13H2,1-3H3,(H,24,27). The number of benzene rings is 2. The van der Waals surface area contributed by atoms with E-state index >= 15 is 0 Å². The van der Waals surface area contributed by atoms with Crippen LogP contribution in [0.25, 0.3) is 5.69 Å². The summed E-state index contributed by atoms with van der Waals surface area (Å²) in [4.78, 5) is 31.4. The molecule has 4 rings (SSSR count). The Bertz CT molecular complexity index is 1200. The summed E-state index contributed by atoms with van der Waals surface area (Å²) in [7, 11) is 3.10. The van der Waals surface area contributed by atoms with Gasteiger partial charge in [-0.3, -0.25) is 14.2 Å². The van der Waals surface area contributed by atoms with E-state index in [9.17, 15) is 9.59 Å². The van der Waals surface area contributed by atoms with Gasteiger partial charge in [0.25, 0.3) is 5.56 Å². The van der Waals surface area contributed by atoms with Crippen molar-refractivity contribution in [2.45, 2.75) is 28.6 Å². The summed E-state index contributed by atoms with van der Waals surface area (Å²) in [5.74, 6) is 1.01. The van der Waals surface area contributed by atoms with E-state index in [4.69, 9.17) is 14.5 Å². The van der Waals surface area contributed by atoms with Crippen molar-refractivity contribution in [1.29, 1.82) is 0 Å². The number of fused-ring (bicyclic) bond motifs is 1. The second-order valence-corrected chi connectivity index (χ2v) is 9.57. The number of hydrogen-bond donors (Lipinski definition) is 1. The minimum atomic E-state index is -0.226. The molecule has 0 saturated carbocycles. The number of carbonyl (C=O) groups excluding carboxylic acids is 1. The second-order valence-electron chi connectivity index (χ2n) is 7.18. The maximum absolute atomic E-state index is 13.3. The number of hydrogen-bond acceptors (Lipinski definition) is 7. The van der Waals surface area contributed by atoms with Crippen molar-refractivity contribution in [3.05, 3.63) is 64.6 Å². The van der Waals surface area contributed by atoms with Crippen LogP contribution in [-0.2, 0) is 11.2 Å². The summed E-state index contributed by atoms with van der Waals surface area (Å²) in [6.45, 7) is 2.08. The SMILES string of the molecule is COc1ccc(NC(=O)CSc2nc3c(c(=O)n2-c2ccccc2)SC(C)C3)c(OC)c1. The Morgan fingerprint density at radius 3 is 2.72 bits per heavy atom. The number of thioether (sulfide) groups is 2. The van der Waals surface area contributed by atoms with Crippen LogP contribution in [0.5, 0.6) is 11.5 Å². The maximum atomic E-state index is 13.3. The highest BCUT2D eigenvalue weighted by atomic mass is 32.2. The number of methoxy groups -OCH3 is 2. The first-order valence-corrected chi connectivity index (χ1v) is 11.9. The van der Waals surface area contributed by atoms with Crippen LogP contribution in [0, 0.1) is 0 Å². The lowest BCUT2D eigenvalue weighted by Gasteiger charge is -2.14. The van der Waals surface area contributed by atoms with Gasteiger partial charge in [-0.05, 0) is 24.3 Å². The maximum Gasteiger partial charge on any atom is 0.272 e. The van der Waals surface area contributed by atoms with Crippen LogP contribution in [-0.4, -0.2) is 40.7 Å². The van der Waals surface area contributed by atoms with Gasteiger partial charge in [0.2, 0.25) is 5.91 Å². The fourth-order valence-electron chi connectivity index (χ4n) is 3.42. The van der Waals surface area contributed by atoms with Crippen molar-refractivity contribution in [2.24, 2.45) is 0 Å². The number of amides is 1. The zero-order valence-electron chi connectivity index (χ0n) is 18.0. The predicted octanol–water partition coefficient (Wildman–Crippen LogP) is 4.02. The smallest absolute Gasteiger partial charge is 0.272 e. The average Bonchev–Trinajstić information content (AvgIpc) is 3.19. The van der Waals surface area contributed by atoms with E-state index in [0.717, 1.165) is 17.8 Å². The molecule has 0 bridgehead atoms. The van der Waals surface area contributed by atoms with E-state index in [-0.39, 0.29) is 17.2 Å². The number of nitrogens with zero attached hydrogens (tertiary/aromatic N) is 2. The largest absolute Gasteiger partial charge is 0.497 e. The van der Waals surface area contributed by atoms with E-state index in [1.807, 2.05) is 30.3 Å². The molecule has 0 fully saturated rings. The first-order chi connectivity index (χ1) is 15.5. The molecule has 1 atom stereocenters. The molecule has 7 nitrogen and oxygen atoms in total. The number of ether oxygens (including phenoxy) is 2. The van der Waals surface area contributed by atoms with Crippen LogP contribution in [0.4, 0.5) is 5.69 Å². The summed E-state index contributed by atoms with van der Waals surface area (Å²) >= 11 is 2.80. The molecule has 32 heavy (non-hydrogen) atoms. The van der Waals surface area contributed by atoms with Gasteiger partial charge in [-0.1, -0.05) is 36.9 Å². The van der Waals surface area contributed by atoms with Crippen molar-refractivity contribution < 1.29 is 14.3 Å². The van der Waals surface area contributed by atoms with Gasteiger partial charge in [-0.2, -0.15) is 0 Å². The van der Waals surface area contributed by atoms with Gasteiger partial charge in [0.1, 0.15) is 11.5 Å².